The maximum atomic E-state index is 11.9. The zero-order valence-electron chi connectivity index (χ0n) is 11.6. The first-order chi connectivity index (χ1) is 10.2. The summed E-state index contributed by atoms with van der Waals surface area (Å²) in [6.45, 7) is 1.94. The van der Waals surface area contributed by atoms with E-state index in [1.54, 1.807) is 24.7 Å². The number of amides is 1. The Kier molecular flexibility index (Phi) is 3.55. The van der Waals surface area contributed by atoms with Crippen LogP contribution in [-0.2, 0) is 0 Å². The normalized spacial score (nSPS) is 12.0. The Balaban J connectivity index is 1.70. The molecule has 0 aliphatic heterocycles. The summed E-state index contributed by atoms with van der Waals surface area (Å²) in [6.07, 6.45) is 6.86. The number of furan rings is 1. The van der Waals surface area contributed by atoms with Gasteiger partial charge in [0.2, 0.25) is 0 Å². The van der Waals surface area contributed by atoms with E-state index in [1.165, 1.54) is 6.26 Å². The van der Waals surface area contributed by atoms with Gasteiger partial charge in [-0.05, 0) is 36.8 Å². The van der Waals surface area contributed by atoms with E-state index in [1.807, 2.05) is 42.0 Å². The zero-order valence-corrected chi connectivity index (χ0v) is 11.6. The number of carbonyl (C=O) groups is 1. The number of carbonyl (C=O) groups excluding carboxylic acids is 1. The summed E-state index contributed by atoms with van der Waals surface area (Å²) in [7, 11) is 0. The highest BCUT2D eigenvalue weighted by molar-refractivity contribution is 5.91. The molecule has 106 valence electrons. The van der Waals surface area contributed by atoms with Crippen LogP contribution in [0.15, 0.2) is 65.8 Å². The van der Waals surface area contributed by atoms with E-state index in [9.17, 15) is 4.79 Å². The maximum absolute atomic E-state index is 11.9. The van der Waals surface area contributed by atoms with E-state index in [0.717, 1.165) is 11.3 Å². The number of nitrogens with zero attached hydrogens (tertiary/aromatic N) is 2. The second-order valence-electron chi connectivity index (χ2n) is 4.73. The third-order valence-corrected chi connectivity index (χ3v) is 3.29. The molecule has 3 rings (SSSR count). The molecule has 2 aromatic heterocycles. The third-order valence-electron chi connectivity index (χ3n) is 3.29. The molecule has 0 spiro atoms. The standard InChI is InChI=1S/C16H15N3O2/c1-12(18-16(20)15-3-2-10-21-15)13-4-6-14(7-5-13)19-9-8-17-11-19/h2-12H,1H3,(H,18,20)/t12-/m0/s1. The van der Waals surface area contributed by atoms with E-state index >= 15 is 0 Å². The van der Waals surface area contributed by atoms with Crippen LogP contribution in [0.2, 0.25) is 0 Å². The molecule has 1 N–H and O–H groups in total. The number of imidazole rings is 1. The van der Waals surface area contributed by atoms with Crippen LogP contribution in [0.1, 0.15) is 29.1 Å². The zero-order chi connectivity index (χ0) is 14.7. The molecule has 0 aliphatic carbocycles. The third kappa shape index (κ3) is 2.86. The number of hydrogen-bond acceptors (Lipinski definition) is 3. The Morgan fingerprint density at radius 3 is 2.71 bits per heavy atom. The molecule has 1 atom stereocenters. The fourth-order valence-corrected chi connectivity index (χ4v) is 2.11. The molecule has 0 saturated carbocycles. The van der Waals surface area contributed by atoms with E-state index in [-0.39, 0.29) is 11.9 Å². The van der Waals surface area contributed by atoms with Crippen LogP contribution in [0.4, 0.5) is 0 Å². The van der Waals surface area contributed by atoms with Crippen LogP contribution in [0.25, 0.3) is 5.69 Å². The molecular weight excluding hydrogens is 266 g/mol. The van der Waals surface area contributed by atoms with Crippen LogP contribution in [-0.4, -0.2) is 15.5 Å². The maximum Gasteiger partial charge on any atom is 0.287 e. The van der Waals surface area contributed by atoms with Gasteiger partial charge >= 0.3 is 0 Å². The molecule has 2 heterocycles. The lowest BCUT2D eigenvalue weighted by Gasteiger charge is -2.14. The van der Waals surface area contributed by atoms with Gasteiger partial charge in [-0.25, -0.2) is 4.98 Å². The molecule has 0 aliphatic rings. The summed E-state index contributed by atoms with van der Waals surface area (Å²) < 4.78 is 7.00. The molecule has 5 nitrogen and oxygen atoms in total. The van der Waals surface area contributed by atoms with Crippen LogP contribution >= 0.6 is 0 Å². The summed E-state index contributed by atoms with van der Waals surface area (Å²) in [5.41, 5.74) is 2.06. The van der Waals surface area contributed by atoms with E-state index in [4.69, 9.17) is 4.42 Å². The number of hydrogen-bond donors (Lipinski definition) is 1. The Morgan fingerprint density at radius 1 is 1.29 bits per heavy atom. The van der Waals surface area contributed by atoms with Gasteiger partial charge in [0.05, 0.1) is 18.6 Å². The number of benzene rings is 1. The average molecular weight is 281 g/mol. The van der Waals surface area contributed by atoms with Gasteiger partial charge in [-0.2, -0.15) is 0 Å². The van der Waals surface area contributed by atoms with E-state index in [2.05, 4.69) is 10.3 Å². The Morgan fingerprint density at radius 2 is 2.10 bits per heavy atom. The second-order valence-corrected chi connectivity index (χ2v) is 4.73. The smallest absolute Gasteiger partial charge is 0.287 e. The predicted molar refractivity (Wildman–Crippen MR) is 78.2 cm³/mol. The lowest BCUT2D eigenvalue weighted by Crippen LogP contribution is -2.26. The van der Waals surface area contributed by atoms with Crippen LogP contribution in [0.5, 0.6) is 0 Å². The van der Waals surface area contributed by atoms with Crippen molar-refractivity contribution in [1.82, 2.24) is 14.9 Å². The lowest BCUT2D eigenvalue weighted by atomic mass is 10.1. The highest BCUT2D eigenvalue weighted by atomic mass is 16.3. The van der Waals surface area contributed by atoms with Gasteiger partial charge in [0.1, 0.15) is 0 Å². The number of aromatic nitrogens is 2. The predicted octanol–water partition coefficient (Wildman–Crippen LogP) is 2.96. The molecule has 0 fully saturated rings. The quantitative estimate of drug-likeness (QED) is 0.799. The SMILES string of the molecule is C[C@H](NC(=O)c1ccco1)c1ccc(-n2ccnc2)cc1. The summed E-state index contributed by atoms with van der Waals surface area (Å²) >= 11 is 0. The summed E-state index contributed by atoms with van der Waals surface area (Å²) in [6, 6.07) is 11.2. The van der Waals surface area contributed by atoms with Crippen molar-refractivity contribution in [2.24, 2.45) is 0 Å². The fourth-order valence-electron chi connectivity index (χ4n) is 2.11. The molecule has 21 heavy (non-hydrogen) atoms. The number of nitrogens with one attached hydrogen (secondary N) is 1. The van der Waals surface area contributed by atoms with Crippen molar-refractivity contribution >= 4 is 5.91 Å². The minimum Gasteiger partial charge on any atom is -0.459 e. The monoisotopic (exact) mass is 281 g/mol. The summed E-state index contributed by atoms with van der Waals surface area (Å²) in [4.78, 5) is 15.9. The first-order valence-corrected chi connectivity index (χ1v) is 6.67. The molecule has 1 amide bonds. The van der Waals surface area contributed by atoms with Crippen molar-refractivity contribution in [2.45, 2.75) is 13.0 Å². The Hall–Kier alpha value is -2.82. The first-order valence-electron chi connectivity index (χ1n) is 6.67. The minimum absolute atomic E-state index is 0.0977. The van der Waals surface area contributed by atoms with Crippen molar-refractivity contribution in [2.75, 3.05) is 0 Å². The van der Waals surface area contributed by atoms with Gasteiger partial charge in [0.15, 0.2) is 5.76 Å². The summed E-state index contributed by atoms with van der Waals surface area (Å²) in [5, 5.41) is 2.90. The average Bonchev–Trinajstić information content (AvgIpc) is 3.20. The second kappa shape index (κ2) is 5.66. The van der Waals surface area contributed by atoms with Crippen molar-refractivity contribution in [3.8, 4) is 5.69 Å². The topological polar surface area (TPSA) is 60.1 Å². The Bertz CT molecular complexity index is 701. The highest BCUT2D eigenvalue weighted by Gasteiger charge is 2.13. The molecule has 1 aromatic carbocycles. The van der Waals surface area contributed by atoms with Gasteiger partial charge in [-0.1, -0.05) is 12.1 Å². The van der Waals surface area contributed by atoms with Gasteiger partial charge in [0.25, 0.3) is 5.91 Å². The van der Waals surface area contributed by atoms with E-state index < -0.39 is 0 Å². The van der Waals surface area contributed by atoms with Gasteiger partial charge in [0, 0.05) is 18.1 Å². The minimum atomic E-state index is -0.216. The lowest BCUT2D eigenvalue weighted by molar-refractivity contribution is 0.0912. The Labute approximate surface area is 122 Å². The summed E-state index contributed by atoms with van der Waals surface area (Å²) in [5.74, 6) is 0.100. The van der Waals surface area contributed by atoms with Crippen LogP contribution in [0, 0.1) is 0 Å². The van der Waals surface area contributed by atoms with Crippen LogP contribution in [0.3, 0.4) is 0 Å². The molecule has 0 radical (unpaired) electrons. The molecule has 3 aromatic rings. The van der Waals surface area contributed by atoms with Crippen molar-refractivity contribution in [3.63, 3.8) is 0 Å². The fraction of sp³-hybridized carbons (Fsp3) is 0.125. The van der Waals surface area contributed by atoms with Crippen molar-refractivity contribution < 1.29 is 9.21 Å². The number of rotatable bonds is 4. The van der Waals surface area contributed by atoms with Gasteiger partial charge in [-0.15, -0.1) is 0 Å². The van der Waals surface area contributed by atoms with Crippen molar-refractivity contribution in [1.29, 1.82) is 0 Å². The highest BCUT2D eigenvalue weighted by Crippen LogP contribution is 2.16. The molecular formula is C16H15N3O2. The largest absolute Gasteiger partial charge is 0.459 e. The molecule has 5 heteroatoms. The molecule has 0 unspecified atom stereocenters. The van der Waals surface area contributed by atoms with Gasteiger partial charge in [-0.3, -0.25) is 4.79 Å². The van der Waals surface area contributed by atoms with E-state index in [0.29, 0.717) is 5.76 Å². The van der Waals surface area contributed by atoms with Crippen LogP contribution < -0.4 is 5.32 Å². The van der Waals surface area contributed by atoms with Gasteiger partial charge < -0.3 is 14.3 Å². The molecule has 0 saturated heterocycles. The first kappa shape index (κ1) is 13.2. The van der Waals surface area contributed by atoms with Crippen molar-refractivity contribution in [3.05, 3.63) is 72.7 Å². The molecule has 0 bridgehead atoms.